The summed E-state index contributed by atoms with van der Waals surface area (Å²) in [5.74, 6) is -0.196. The minimum absolute atomic E-state index is 0.196. The van der Waals surface area contributed by atoms with Crippen molar-refractivity contribution in [1.82, 2.24) is 4.90 Å². The van der Waals surface area contributed by atoms with Crippen LogP contribution >= 0.6 is 0 Å². The van der Waals surface area contributed by atoms with Gasteiger partial charge >= 0.3 is 5.97 Å². The molecule has 1 aliphatic heterocycles. The number of likely N-dealkylation sites (tertiary alicyclic amines) is 1. The molecule has 15 heavy (non-hydrogen) atoms. The largest absolute Gasteiger partial charge is 0.463 e. The summed E-state index contributed by atoms with van der Waals surface area (Å²) < 4.78 is 4.91. The number of rotatable bonds is 3. The molecular formula is C12H21NO2. The van der Waals surface area contributed by atoms with Gasteiger partial charge in [-0.2, -0.15) is 0 Å². The predicted octanol–water partition coefficient (Wildman–Crippen LogP) is 1.98. The summed E-state index contributed by atoms with van der Waals surface area (Å²) in [6.45, 7) is 8.71. The monoisotopic (exact) mass is 211 g/mol. The molecule has 0 bridgehead atoms. The van der Waals surface area contributed by atoms with E-state index < -0.39 is 0 Å². The van der Waals surface area contributed by atoms with E-state index in [2.05, 4.69) is 18.7 Å². The van der Waals surface area contributed by atoms with Crippen molar-refractivity contribution in [3.05, 3.63) is 11.6 Å². The normalized spacial score (nSPS) is 20.9. The first-order valence-corrected chi connectivity index (χ1v) is 5.73. The van der Waals surface area contributed by atoms with Crippen molar-refractivity contribution in [2.75, 3.05) is 19.7 Å². The molecule has 0 N–H and O–H groups in total. The average Bonchev–Trinajstić information content (AvgIpc) is 2.18. The van der Waals surface area contributed by atoms with Gasteiger partial charge in [-0.1, -0.05) is 0 Å². The molecule has 0 spiro atoms. The summed E-state index contributed by atoms with van der Waals surface area (Å²) in [4.78, 5) is 13.7. The third-order valence-corrected chi connectivity index (χ3v) is 2.69. The highest BCUT2D eigenvalue weighted by molar-refractivity contribution is 5.82. The number of hydrogen-bond donors (Lipinski definition) is 0. The van der Waals surface area contributed by atoms with Crippen LogP contribution in [0.1, 0.15) is 33.6 Å². The Hall–Kier alpha value is -0.830. The van der Waals surface area contributed by atoms with E-state index in [-0.39, 0.29) is 5.97 Å². The van der Waals surface area contributed by atoms with Crippen molar-refractivity contribution < 1.29 is 9.53 Å². The number of nitrogens with zero attached hydrogens (tertiary/aromatic N) is 1. The number of esters is 1. The van der Waals surface area contributed by atoms with E-state index in [1.165, 1.54) is 5.57 Å². The third-order valence-electron chi connectivity index (χ3n) is 2.69. The van der Waals surface area contributed by atoms with Crippen molar-refractivity contribution in [3.63, 3.8) is 0 Å². The van der Waals surface area contributed by atoms with Gasteiger partial charge in [0.2, 0.25) is 0 Å². The van der Waals surface area contributed by atoms with E-state index in [4.69, 9.17) is 4.74 Å². The second-order valence-electron chi connectivity index (χ2n) is 4.22. The van der Waals surface area contributed by atoms with Crippen LogP contribution in [-0.4, -0.2) is 36.6 Å². The van der Waals surface area contributed by atoms with Crippen LogP contribution in [-0.2, 0) is 9.53 Å². The molecule has 1 saturated heterocycles. The maximum atomic E-state index is 11.3. The Labute approximate surface area is 92.1 Å². The molecule has 0 saturated carbocycles. The lowest BCUT2D eigenvalue weighted by Crippen LogP contribution is -2.36. The van der Waals surface area contributed by atoms with Gasteiger partial charge in [-0.05, 0) is 45.7 Å². The fraction of sp³-hybridized carbons (Fsp3) is 0.750. The lowest BCUT2D eigenvalue weighted by atomic mass is 10.0. The Morgan fingerprint density at radius 2 is 2.33 bits per heavy atom. The van der Waals surface area contributed by atoms with E-state index >= 15 is 0 Å². The molecule has 0 aromatic rings. The zero-order valence-corrected chi connectivity index (χ0v) is 9.95. The summed E-state index contributed by atoms with van der Waals surface area (Å²) in [5.41, 5.74) is 1.20. The van der Waals surface area contributed by atoms with Crippen LogP contribution in [0.25, 0.3) is 0 Å². The molecular weight excluding hydrogens is 190 g/mol. The van der Waals surface area contributed by atoms with Crippen LogP contribution in [0.3, 0.4) is 0 Å². The van der Waals surface area contributed by atoms with Gasteiger partial charge in [0.15, 0.2) is 0 Å². The predicted molar refractivity (Wildman–Crippen MR) is 60.7 cm³/mol. The van der Waals surface area contributed by atoms with Gasteiger partial charge in [-0.3, -0.25) is 4.90 Å². The number of piperidine rings is 1. The Kier molecular flexibility index (Phi) is 4.82. The Morgan fingerprint density at radius 3 is 2.93 bits per heavy atom. The molecule has 3 heteroatoms. The summed E-state index contributed by atoms with van der Waals surface area (Å²) >= 11 is 0. The highest BCUT2D eigenvalue weighted by Crippen LogP contribution is 2.17. The minimum Gasteiger partial charge on any atom is -0.463 e. The Morgan fingerprint density at radius 1 is 1.60 bits per heavy atom. The number of ether oxygens (including phenoxy) is 1. The van der Waals surface area contributed by atoms with Crippen LogP contribution in [0.5, 0.6) is 0 Å². The van der Waals surface area contributed by atoms with Gasteiger partial charge in [-0.15, -0.1) is 0 Å². The molecule has 86 valence electrons. The van der Waals surface area contributed by atoms with E-state index in [1.54, 1.807) is 6.08 Å². The molecule has 0 aliphatic carbocycles. The van der Waals surface area contributed by atoms with Gasteiger partial charge in [0.1, 0.15) is 0 Å². The lowest BCUT2D eigenvalue weighted by Gasteiger charge is -2.31. The van der Waals surface area contributed by atoms with Gasteiger partial charge in [0, 0.05) is 18.7 Å². The Bertz CT molecular complexity index is 246. The standard InChI is InChI=1S/C12H21NO2/c1-4-15-12(14)8-11-6-5-7-13(9-11)10(2)3/h8,10H,4-7,9H2,1-3H3/b11-8+. The lowest BCUT2D eigenvalue weighted by molar-refractivity contribution is -0.137. The summed E-state index contributed by atoms with van der Waals surface area (Å²) in [6.07, 6.45) is 3.84. The highest BCUT2D eigenvalue weighted by atomic mass is 16.5. The second kappa shape index (κ2) is 5.91. The molecule has 0 aromatic carbocycles. The number of hydrogen-bond acceptors (Lipinski definition) is 3. The second-order valence-corrected chi connectivity index (χ2v) is 4.22. The summed E-state index contributed by atoms with van der Waals surface area (Å²) in [6, 6.07) is 0.552. The zero-order valence-electron chi connectivity index (χ0n) is 9.95. The summed E-state index contributed by atoms with van der Waals surface area (Å²) in [7, 11) is 0. The topological polar surface area (TPSA) is 29.5 Å². The van der Waals surface area contributed by atoms with Crippen molar-refractivity contribution >= 4 is 5.97 Å². The molecule has 1 fully saturated rings. The molecule has 0 unspecified atom stereocenters. The SMILES string of the molecule is CCOC(=O)/C=C1\CCCN(C(C)C)C1. The quantitative estimate of drug-likeness (QED) is 0.528. The van der Waals surface area contributed by atoms with E-state index in [0.717, 1.165) is 25.9 Å². The number of carbonyl (C=O) groups excluding carboxylic acids is 1. The molecule has 0 amide bonds. The minimum atomic E-state index is -0.196. The van der Waals surface area contributed by atoms with Crippen molar-refractivity contribution in [2.24, 2.45) is 0 Å². The van der Waals surface area contributed by atoms with Crippen LogP contribution in [0, 0.1) is 0 Å². The molecule has 1 aliphatic rings. The van der Waals surface area contributed by atoms with E-state index in [0.29, 0.717) is 12.6 Å². The first-order valence-electron chi connectivity index (χ1n) is 5.73. The van der Waals surface area contributed by atoms with Crippen molar-refractivity contribution in [3.8, 4) is 0 Å². The Balaban J connectivity index is 2.51. The molecule has 0 atom stereocenters. The molecule has 0 radical (unpaired) electrons. The molecule has 1 heterocycles. The molecule has 1 rings (SSSR count). The van der Waals surface area contributed by atoms with Crippen LogP contribution < -0.4 is 0 Å². The fourth-order valence-electron chi connectivity index (χ4n) is 1.84. The fourth-order valence-corrected chi connectivity index (χ4v) is 1.84. The van der Waals surface area contributed by atoms with Gasteiger partial charge < -0.3 is 4.74 Å². The van der Waals surface area contributed by atoms with Crippen LogP contribution in [0.4, 0.5) is 0 Å². The smallest absolute Gasteiger partial charge is 0.330 e. The van der Waals surface area contributed by atoms with Crippen LogP contribution in [0.2, 0.25) is 0 Å². The van der Waals surface area contributed by atoms with Gasteiger partial charge in [0.25, 0.3) is 0 Å². The van der Waals surface area contributed by atoms with Crippen molar-refractivity contribution in [2.45, 2.75) is 39.7 Å². The third kappa shape index (κ3) is 4.04. The van der Waals surface area contributed by atoms with E-state index in [1.807, 2.05) is 6.92 Å². The first kappa shape index (κ1) is 12.2. The maximum Gasteiger partial charge on any atom is 0.330 e. The average molecular weight is 211 g/mol. The van der Waals surface area contributed by atoms with Gasteiger partial charge in [-0.25, -0.2) is 4.79 Å². The van der Waals surface area contributed by atoms with Crippen molar-refractivity contribution in [1.29, 1.82) is 0 Å². The first-order chi connectivity index (χ1) is 7.13. The zero-order chi connectivity index (χ0) is 11.3. The van der Waals surface area contributed by atoms with E-state index in [9.17, 15) is 4.79 Å². The number of carbonyl (C=O) groups is 1. The highest BCUT2D eigenvalue weighted by Gasteiger charge is 2.17. The molecule has 3 nitrogen and oxygen atoms in total. The van der Waals surface area contributed by atoms with Gasteiger partial charge in [0.05, 0.1) is 6.61 Å². The summed E-state index contributed by atoms with van der Waals surface area (Å²) in [5, 5.41) is 0. The maximum absolute atomic E-state index is 11.3. The molecule has 0 aromatic heterocycles. The van der Waals surface area contributed by atoms with Crippen LogP contribution in [0.15, 0.2) is 11.6 Å².